The van der Waals surface area contributed by atoms with Crippen LogP contribution in [0.2, 0.25) is 5.15 Å². The second-order valence-corrected chi connectivity index (χ2v) is 7.69. The number of nitrogens with zero attached hydrogens (tertiary/aromatic N) is 4. The van der Waals surface area contributed by atoms with Gasteiger partial charge in [0, 0.05) is 30.8 Å². The monoisotopic (exact) mass is 457 g/mol. The van der Waals surface area contributed by atoms with E-state index in [1.165, 1.54) is 35.9 Å². The van der Waals surface area contributed by atoms with Crippen molar-refractivity contribution in [2.45, 2.75) is 12.5 Å². The number of hydrogen-bond acceptors (Lipinski definition) is 5. The molecule has 0 spiro atoms. The molecule has 2 aromatic carbocycles. The summed E-state index contributed by atoms with van der Waals surface area (Å²) >= 11 is 6.57. The average molecular weight is 458 g/mol. The number of amides is 1. The van der Waals surface area contributed by atoms with Crippen molar-refractivity contribution in [2.75, 3.05) is 20.2 Å². The molecule has 1 aliphatic rings. The van der Waals surface area contributed by atoms with Crippen LogP contribution in [0.5, 0.6) is 5.75 Å². The Kier molecular flexibility index (Phi) is 5.82. The lowest BCUT2D eigenvalue weighted by Gasteiger charge is -2.14. The van der Waals surface area contributed by atoms with E-state index < -0.39 is 17.5 Å². The molecule has 7 nitrogen and oxygen atoms in total. The van der Waals surface area contributed by atoms with E-state index in [0.29, 0.717) is 19.5 Å². The molecule has 0 aliphatic carbocycles. The number of carbonyl (C=O) groups is 1. The van der Waals surface area contributed by atoms with E-state index in [1.807, 2.05) is 0 Å². The molecule has 0 radical (unpaired) electrons. The number of nitrogens with two attached hydrogens (primary N) is 1. The van der Waals surface area contributed by atoms with E-state index in [-0.39, 0.29) is 45.3 Å². The molecule has 3 aromatic rings. The predicted octanol–water partition coefficient (Wildman–Crippen LogP) is 3.52. The van der Waals surface area contributed by atoms with Crippen molar-refractivity contribution in [3.05, 3.63) is 64.4 Å². The van der Waals surface area contributed by atoms with Crippen molar-refractivity contribution < 1.29 is 18.3 Å². The summed E-state index contributed by atoms with van der Waals surface area (Å²) in [6.07, 6.45) is 0.654. The topological polar surface area (TPSA) is 97.2 Å². The lowest BCUT2D eigenvalue weighted by Crippen LogP contribution is -2.32. The molecule has 0 unspecified atom stereocenters. The zero-order valence-electron chi connectivity index (χ0n) is 17.0. The molecule has 1 aromatic heterocycles. The Morgan fingerprint density at radius 2 is 2.06 bits per heavy atom. The van der Waals surface area contributed by atoms with E-state index in [0.717, 1.165) is 6.07 Å². The fourth-order valence-electron chi connectivity index (χ4n) is 3.63. The van der Waals surface area contributed by atoms with Crippen LogP contribution in [0.1, 0.15) is 22.5 Å². The highest BCUT2D eigenvalue weighted by Crippen LogP contribution is 2.33. The first-order valence-electron chi connectivity index (χ1n) is 9.71. The molecule has 1 aliphatic heterocycles. The highest BCUT2D eigenvalue weighted by Gasteiger charge is 2.31. The molecular formula is C22H18ClF2N5O2. The second kappa shape index (κ2) is 8.57. The Morgan fingerprint density at radius 1 is 1.28 bits per heavy atom. The summed E-state index contributed by atoms with van der Waals surface area (Å²) in [6, 6.07) is 9.64. The fourth-order valence-corrected chi connectivity index (χ4v) is 3.93. The first kappa shape index (κ1) is 21.7. The van der Waals surface area contributed by atoms with Crippen molar-refractivity contribution in [1.82, 2.24) is 14.5 Å². The molecule has 1 saturated heterocycles. The molecule has 0 saturated carbocycles. The summed E-state index contributed by atoms with van der Waals surface area (Å²) in [5.41, 5.74) is 6.23. The van der Waals surface area contributed by atoms with Crippen LogP contribution >= 0.6 is 11.6 Å². The van der Waals surface area contributed by atoms with Crippen LogP contribution in [-0.4, -0.2) is 46.6 Å². The molecule has 1 amide bonds. The standard InChI is InChI=1S/C22H18ClF2N5O2/c1-32-18-5-4-15(9-17(18)25)30-20(23)19(22(31)29-7-6-14(27)11-29)28-21(30)12-2-3-13(10-26)16(24)8-12/h2-5,8-9,14H,6-7,11,27H2,1H3/t14-/m1/s1. The molecule has 10 heteroatoms. The zero-order valence-corrected chi connectivity index (χ0v) is 17.7. The maximum absolute atomic E-state index is 14.4. The van der Waals surface area contributed by atoms with Crippen molar-refractivity contribution >= 4 is 17.5 Å². The third-order valence-corrected chi connectivity index (χ3v) is 5.63. The number of aromatic nitrogens is 2. The molecule has 1 atom stereocenters. The molecular weight excluding hydrogens is 440 g/mol. The molecule has 2 heterocycles. The van der Waals surface area contributed by atoms with Gasteiger partial charge in [0.2, 0.25) is 0 Å². The number of imidazole rings is 1. The SMILES string of the molecule is COc1ccc(-n2c(-c3ccc(C#N)c(F)c3)nc(C(=O)N3CC[C@@H](N)C3)c2Cl)cc1F. The van der Waals surface area contributed by atoms with E-state index >= 15 is 0 Å². The number of hydrogen-bond donors (Lipinski definition) is 1. The third kappa shape index (κ3) is 3.79. The number of benzene rings is 2. The highest BCUT2D eigenvalue weighted by molar-refractivity contribution is 6.33. The average Bonchev–Trinajstić information content (AvgIpc) is 3.36. The summed E-state index contributed by atoms with van der Waals surface area (Å²) in [6.45, 7) is 0.821. The number of methoxy groups -OCH3 is 1. The number of likely N-dealkylation sites (tertiary alicyclic amines) is 1. The Morgan fingerprint density at radius 3 is 2.66 bits per heavy atom. The quantitative estimate of drug-likeness (QED) is 0.646. The van der Waals surface area contributed by atoms with Crippen molar-refractivity contribution in [3.63, 3.8) is 0 Å². The van der Waals surface area contributed by atoms with Crippen LogP contribution in [0.3, 0.4) is 0 Å². The Balaban J connectivity index is 1.89. The Bertz CT molecular complexity index is 1250. The number of nitriles is 1. The van der Waals surface area contributed by atoms with Gasteiger partial charge in [-0.3, -0.25) is 9.36 Å². The lowest BCUT2D eigenvalue weighted by molar-refractivity contribution is 0.0786. The van der Waals surface area contributed by atoms with E-state index in [2.05, 4.69) is 4.98 Å². The smallest absolute Gasteiger partial charge is 0.275 e. The largest absolute Gasteiger partial charge is 0.494 e. The lowest BCUT2D eigenvalue weighted by atomic mass is 10.1. The zero-order chi connectivity index (χ0) is 23.0. The van der Waals surface area contributed by atoms with Crippen molar-refractivity contribution in [2.24, 2.45) is 5.73 Å². The van der Waals surface area contributed by atoms with Gasteiger partial charge in [0.25, 0.3) is 5.91 Å². The van der Waals surface area contributed by atoms with Gasteiger partial charge in [-0.1, -0.05) is 11.6 Å². The minimum atomic E-state index is -0.755. The maximum atomic E-state index is 14.4. The number of carbonyl (C=O) groups excluding carboxylic acids is 1. The van der Waals surface area contributed by atoms with E-state index in [9.17, 15) is 13.6 Å². The molecule has 164 valence electrons. The van der Waals surface area contributed by atoms with Crippen molar-refractivity contribution in [1.29, 1.82) is 5.26 Å². The van der Waals surface area contributed by atoms with Crippen LogP contribution in [0.4, 0.5) is 8.78 Å². The Hall–Kier alpha value is -3.48. The molecule has 0 bridgehead atoms. The minimum Gasteiger partial charge on any atom is -0.494 e. The number of rotatable bonds is 4. The first-order chi connectivity index (χ1) is 15.3. The van der Waals surface area contributed by atoms with Crippen LogP contribution in [0, 0.1) is 23.0 Å². The molecule has 2 N–H and O–H groups in total. The van der Waals surface area contributed by atoms with E-state index in [4.69, 9.17) is 27.3 Å². The minimum absolute atomic E-state index is 0.0262. The summed E-state index contributed by atoms with van der Waals surface area (Å²) in [5.74, 6) is -1.68. The number of halogens is 3. The summed E-state index contributed by atoms with van der Waals surface area (Å²) in [7, 11) is 1.34. The highest BCUT2D eigenvalue weighted by atomic mass is 35.5. The second-order valence-electron chi connectivity index (χ2n) is 7.34. The van der Waals surface area contributed by atoms with Gasteiger partial charge in [-0.2, -0.15) is 5.26 Å². The summed E-state index contributed by atoms with van der Waals surface area (Å²) in [4.78, 5) is 19.0. The molecule has 32 heavy (non-hydrogen) atoms. The molecule has 4 rings (SSSR count). The normalized spacial score (nSPS) is 15.6. The Labute approximate surface area is 187 Å². The van der Waals surface area contributed by atoms with E-state index in [1.54, 1.807) is 17.0 Å². The van der Waals surface area contributed by atoms with Crippen molar-refractivity contribution in [3.8, 4) is 28.9 Å². The van der Waals surface area contributed by atoms with Gasteiger partial charge >= 0.3 is 0 Å². The first-order valence-corrected chi connectivity index (χ1v) is 10.1. The van der Waals surface area contributed by atoms with Gasteiger partial charge in [-0.15, -0.1) is 0 Å². The number of ether oxygens (including phenoxy) is 1. The van der Waals surface area contributed by atoms with Crippen LogP contribution in [-0.2, 0) is 0 Å². The summed E-state index contributed by atoms with van der Waals surface area (Å²) in [5, 5.41) is 8.95. The summed E-state index contributed by atoms with van der Waals surface area (Å²) < 4.78 is 35.1. The van der Waals surface area contributed by atoms with Crippen LogP contribution in [0.15, 0.2) is 36.4 Å². The molecule has 1 fully saturated rings. The van der Waals surface area contributed by atoms with Gasteiger partial charge in [-0.05, 0) is 36.8 Å². The van der Waals surface area contributed by atoms with Gasteiger partial charge in [0.15, 0.2) is 17.3 Å². The van der Waals surface area contributed by atoms with Gasteiger partial charge in [0.05, 0.1) is 18.4 Å². The van der Waals surface area contributed by atoms with Gasteiger partial charge < -0.3 is 15.4 Å². The van der Waals surface area contributed by atoms with Gasteiger partial charge in [0.1, 0.15) is 22.9 Å². The third-order valence-electron chi connectivity index (χ3n) is 5.28. The van der Waals surface area contributed by atoms with Crippen LogP contribution < -0.4 is 10.5 Å². The van der Waals surface area contributed by atoms with Crippen LogP contribution in [0.25, 0.3) is 17.1 Å². The predicted molar refractivity (Wildman–Crippen MR) is 114 cm³/mol. The fraction of sp³-hybridized carbons (Fsp3) is 0.227. The maximum Gasteiger partial charge on any atom is 0.275 e. The van der Waals surface area contributed by atoms with Gasteiger partial charge in [-0.25, -0.2) is 13.8 Å².